The van der Waals surface area contributed by atoms with E-state index in [4.69, 9.17) is 4.74 Å². The summed E-state index contributed by atoms with van der Waals surface area (Å²) in [5, 5.41) is 0. The van der Waals surface area contributed by atoms with Gasteiger partial charge in [0.2, 0.25) is 0 Å². The summed E-state index contributed by atoms with van der Waals surface area (Å²) >= 11 is 3.42. The van der Waals surface area contributed by atoms with E-state index in [1.807, 2.05) is 12.1 Å². The Hall–Kier alpha value is -0.740. The predicted molar refractivity (Wildman–Crippen MR) is 76.1 cm³/mol. The second-order valence-electron chi connectivity index (χ2n) is 5.63. The number of ether oxygens (including phenoxy) is 1. The van der Waals surface area contributed by atoms with Crippen LogP contribution in [0.25, 0.3) is 0 Å². The highest BCUT2D eigenvalue weighted by atomic mass is 79.9. The first-order valence-corrected chi connectivity index (χ1v) is 7.78. The second kappa shape index (κ2) is 5.33. The zero-order chi connectivity index (χ0) is 13.3. The smallest absolute Gasteiger partial charge is 0.185 e. The first-order chi connectivity index (χ1) is 9.20. The fourth-order valence-electron chi connectivity index (χ4n) is 3.38. The average molecular weight is 324 g/mol. The van der Waals surface area contributed by atoms with Gasteiger partial charge in [-0.15, -0.1) is 0 Å². The summed E-state index contributed by atoms with van der Waals surface area (Å²) in [5.41, 5.74) is 0.558. The standard InChI is InChI=1S/C15H18BrNO2/c16-12-4-3-8-17-13(12)14(18)11-5-9-19-15(10-11)6-1-2-7-15/h3-4,8,11H,1-2,5-7,9-10H2. The zero-order valence-electron chi connectivity index (χ0n) is 10.9. The van der Waals surface area contributed by atoms with Crippen molar-refractivity contribution in [3.63, 3.8) is 0 Å². The van der Waals surface area contributed by atoms with Crippen LogP contribution in [0.4, 0.5) is 0 Å². The molecule has 1 spiro atoms. The maximum Gasteiger partial charge on any atom is 0.185 e. The number of rotatable bonds is 2. The van der Waals surface area contributed by atoms with E-state index < -0.39 is 0 Å². The van der Waals surface area contributed by atoms with Crippen LogP contribution >= 0.6 is 15.9 Å². The molecule has 1 saturated carbocycles. The van der Waals surface area contributed by atoms with Gasteiger partial charge in [0.25, 0.3) is 0 Å². The van der Waals surface area contributed by atoms with Gasteiger partial charge < -0.3 is 4.74 Å². The summed E-state index contributed by atoms with van der Waals surface area (Å²) in [6.45, 7) is 0.709. The monoisotopic (exact) mass is 323 g/mol. The zero-order valence-corrected chi connectivity index (χ0v) is 12.5. The number of pyridine rings is 1. The molecule has 2 heterocycles. The summed E-state index contributed by atoms with van der Waals surface area (Å²) < 4.78 is 6.79. The van der Waals surface area contributed by atoms with Gasteiger partial charge in [-0.25, -0.2) is 0 Å². The van der Waals surface area contributed by atoms with Crippen molar-refractivity contribution in [2.45, 2.75) is 44.1 Å². The lowest BCUT2D eigenvalue weighted by atomic mass is 9.81. The number of halogens is 1. The molecule has 19 heavy (non-hydrogen) atoms. The van der Waals surface area contributed by atoms with Crippen LogP contribution in [-0.4, -0.2) is 23.0 Å². The molecule has 0 bridgehead atoms. The highest BCUT2D eigenvalue weighted by Crippen LogP contribution is 2.42. The molecule has 0 radical (unpaired) electrons. The molecule has 1 saturated heterocycles. The lowest BCUT2D eigenvalue weighted by Crippen LogP contribution is -2.40. The molecule has 102 valence electrons. The SMILES string of the molecule is O=C(c1ncccc1Br)C1CCOC2(CCCC2)C1. The largest absolute Gasteiger partial charge is 0.375 e. The van der Waals surface area contributed by atoms with Gasteiger partial charge >= 0.3 is 0 Å². The number of carbonyl (C=O) groups excluding carboxylic acids is 1. The normalized spacial score (nSPS) is 25.6. The minimum Gasteiger partial charge on any atom is -0.375 e. The van der Waals surface area contributed by atoms with Crippen LogP contribution < -0.4 is 0 Å². The molecule has 2 aliphatic rings. The van der Waals surface area contributed by atoms with Crippen molar-refractivity contribution >= 4 is 21.7 Å². The first-order valence-electron chi connectivity index (χ1n) is 6.99. The third-order valence-corrected chi connectivity index (χ3v) is 5.01. The number of hydrogen-bond acceptors (Lipinski definition) is 3. The van der Waals surface area contributed by atoms with E-state index in [-0.39, 0.29) is 17.3 Å². The first kappa shape index (κ1) is 13.3. The highest BCUT2D eigenvalue weighted by Gasteiger charge is 2.42. The summed E-state index contributed by atoms with van der Waals surface area (Å²) in [5.74, 6) is 0.236. The molecule has 0 amide bonds. The Morgan fingerprint density at radius 2 is 2.21 bits per heavy atom. The molecule has 0 aromatic carbocycles. The molecular formula is C15H18BrNO2. The van der Waals surface area contributed by atoms with Gasteiger partial charge in [-0.05, 0) is 53.7 Å². The Morgan fingerprint density at radius 3 is 2.95 bits per heavy atom. The van der Waals surface area contributed by atoms with Crippen molar-refractivity contribution in [2.24, 2.45) is 5.92 Å². The van der Waals surface area contributed by atoms with Crippen molar-refractivity contribution in [2.75, 3.05) is 6.61 Å². The van der Waals surface area contributed by atoms with Crippen molar-refractivity contribution in [1.29, 1.82) is 0 Å². The van der Waals surface area contributed by atoms with E-state index in [1.165, 1.54) is 12.8 Å². The van der Waals surface area contributed by atoms with Crippen LogP contribution in [0.2, 0.25) is 0 Å². The van der Waals surface area contributed by atoms with Crippen LogP contribution in [0, 0.1) is 5.92 Å². The number of carbonyl (C=O) groups is 1. The van der Waals surface area contributed by atoms with Gasteiger partial charge in [0.1, 0.15) is 5.69 Å². The Labute approximate surface area is 121 Å². The molecule has 1 aliphatic heterocycles. The molecule has 1 aliphatic carbocycles. The molecule has 0 N–H and O–H groups in total. The third kappa shape index (κ3) is 2.61. The minimum absolute atomic E-state index is 0.0141. The molecule has 3 rings (SSSR count). The van der Waals surface area contributed by atoms with Crippen LogP contribution in [0.5, 0.6) is 0 Å². The molecule has 3 nitrogen and oxygen atoms in total. The molecule has 1 unspecified atom stereocenters. The topological polar surface area (TPSA) is 39.2 Å². The fourth-order valence-corrected chi connectivity index (χ4v) is 3.83. The lowest BCUT2D eigenvalue weighted by Gasteiger charge is -2.37. The summed E-state index contributed by atoms with van der Waals surface area (Å²) in [6.07, 6.45) is 8.06. The summed E-state index contributed by atoms with van der Waals surface area (Å²) in [6, 6.07) is 3.72. The van der Waals surface area contributed by atoms with Gasteiger partial charge in [0.15, 0.2) is 5.78 Å². The number of Topliss-reactive ketones (excluding diaryl/α,β-unsaturated/α-hetero) is 1. The summed E-state index contributed by atoms with van der Waals surface area (Å²) in [7, 11) is 0. The van der Waals surface area contributed by atoms with Crippen molar-refractivity contribution in [3.05, 3.63) is 28.5 Å². The van der Waals surface area contributed by atoms with Crippen LogP contribution in [0.3, 0.4) is 0 Å². The van der Waals surface area contributed by atoms with E-state index >= 15 is 0 Å². The Bertz CT molecular complexity index is 483. The summed E-state index contributed by atoms with van der Waals surface area (Å²) in [4.78, 5) is 16.8. The van der Waals surface area contributed by atoms with Gasteiger partial charge in [0, 0.05) is 23.2 Å². The Kier molecular flexibility index (Phi) is 3.72. The predicted octanol–water partition coefficient (Wildman–Crippen LogP) is 3.77. The highest BCUT2D eigenvalue weighted by molar-refractivity contribution is 9.10. The van der Waals surface area contributed by atoms with Crippen molar-refractivity contribution in [3.8, 4) is 0 Å². The molecule has 2 fully saturated rings. The fraction of sp³-hybridized carbons (Fsp3) is 0.600. The van der Waals surface area contributed by atoms with Crippen molar-refractivity contribution in [1.82, 2.24) is 4.98 Å². The van der Waals surface area contributed by atoms with Gasteiger partial charge in [0.05, 0.1) is 5.60 Å². The van der Waals surface area contributed by atoms with E-state index in [0.29, 0.717) is 12.3 Å². The molecular weight excluding hydrogens is 306 g/mol. The number of aromatic nitrogens is 1. The molecule has 1 aromatic rings. The third-order valence-electron chi connectivity index (χ3n) is 4.37. The van der Waals surface area contributed by atoms with Crippen molar-refractivity contribution < 1.29 is 9.53 Å². The van der Waals surface area contributed by atoms with Gasteiger partial charge in [-0.3, -0.25) is 9.78 Å². The van der Waals surface area contributed by atoms with Gasteiger partial charge in [-0.2, -0.15) is 0 Å². The van der Waals surface area contributed by atoms with Crippen LogP contribution in [0.15, 0.2) is 22.8 Å². The minimum atomic E-state index is -0.0141. The number of ketones is 1. The quantitative estimate of drug-likeness (QED) is 0.778. The van der Waals surface area contributed by atoms with E-state index in [9.17, 15) is 4.79 Å². The second-order valence-corrected chi connectivity index (χ2v) is 6.48. The van der Waals surface area contributed by atoms with Gasteiger partial charge in [-0.1, -0.05) is 12.8 Å². The number of nitrogens with zero attached hydrogens (tertiary/aromatic N) is 1. The Balaban J connectivity index is 1.78. The maximum atomic E-state index is 12.6. The molecule has 1 atom stereocenters. The van der Waals surface area contributed by atoms with Crippen LogP contribution in [-0.2, 0) is 4.74 Å². The maximum absolute atomic E-state index is 12.6. The average Bonchev–Trinajstić information content (AvgIpc) is 2.86. The molecule has 4 heteroatoms. The van der Waals surface area contributed by atoms with E-state index in [2.05, 4.69) is 20.9 Å². The molecule has 1 aromatic heterocycles. The lowest BCUT2D eigenvalue weighted by molar-refractivity contribution is -0.0866. The number of hydrogen-bond donors (Lipinski definition) is 0. The van der Waals surface area contributed by atoms with E-state index in [0.717, 1.165) is 30.2 Å². The van der Waals surface area contributed by atoms with E-state index in [1.54, 1.807) is 6.20 Å². The van der Waals surface area contributed by atoms with Crippen LogP contribution in [0.1, 0.15) is 49.0 Å². The Morgan fingerprint density at radius 1 is 1.42 bits per heavy atom.